The molecule has 3 aliphatic rings. The molecule has 0 aromatic heterocycles. The molecule has 1 saturated heterocycles. The molecule has 0 radical (unpaired) electrons. The molecule has 1 aliphatic heterocycles. The van der Waals surface area contributed by atoms with Gasteiger partial charge in [0.1, 0.15) is 0 Å². The van der Waals surface area contributed by atoms with E-state index in [1.54, 1.807) is 0 Å². The van der Waals surface area contributed by atoms with Crippen molar-refractivity contribution in [2.24, 2.45) is 17.8 Å². The number of nitrogens with one attached hydrogen (secondary N) is 1. The first-order chi connectivity index (χ1) is 11.7. The van der Waals surface area contributed by atoms with Crippen molar-refractivity contribution in [3.63, 3.8) is 0 Å². The summed E-state index contributed by atoms with van der Waals surface area (Å²) in [6, 6.07) is 0.256. The van der Waals surface area contributed by atoms with E-state index in [2.05, 4.69) is 5.32 Å². The zero-order valence-electron chi connectivity index (χ0n) is 14.7. The molecule has 5 heteroatoms. The number of hydrogen-bond acceptors (Lipinski definition) is 3. The van der Waals surface area contributed by atoms with Crippen molar-refractivity contribution < 1.29 is 14.7 Å². The van der Waals surface area contributed by atoms with Gasteiger partial charge in [-0.25, -0.2) is 0 Å². The maximum absolute atomic E-state index is 12.6. The number of nitrogens with zero attached hydrogens (tertiary/aromatic N) is 1. The van der Waals surface area contributed by atoms with Gasteiger partial charge in [-0.15, -0.1) is 0 Å². The van der Waals surface area contributed by atoms with Crippen LogP contribution >= 0.6 is 0 Å². The molecule has 2 N–H and O–H groups in total. The van der Waals surface area contributed by atoms with Crippen molar-refractivity contribution in [2.45, 2.75) is 70.3 Å². The van der Waals surface area contributed by atoms with Gasteiger partial charge in [0, 0.05) is 44.0 Å². The molecule has 0 aromatic carbocycles. The van der Waals surface area contributed by atoms with E-state index in [1.165, 1.54) is 25.7 Å². The fraction of sp³-hybridized carbons (Fsp3) is 0.895. The summed E-state index contributed by atoms with van der Waals surface area (Å²) in [6.07, 6.45) is 10.2. The number of carbonyl (C=O) groups is 2. The highest BCUT2D eigenvalue weighted by atomic mass is 16.3. The average Bonchev–Trinajstić information content (AvgIpc) is 3.26. The van der Waals surface area contributed by atoms with Crippen LogP contribution in [0.25, 0.3) is 0 Å². The van der Waals surface area contributed by atoms with Crippen molar-refractivity contribution in [3.8, 4) is 0 Å². The minimum Gasteiger partial charge on any atom is -0.396 e. The van der Waals surface area contributed by atoms with Crippen molar-refractivity contribution in [1.82, 2.24) is 10.2 Å². The standard InChI is InChI=1S/C19H32N2O3/c22-13-15-9-10-21(12-15)19(24)16-5-7-17(8-6-16)20-18(23)11-14-3-1-2-4-14/h14-17,22H,1-13H2,(H,20,23). The summed E-state index contributed by atoms with van der Waals surface area (Å²) >= 11 is 0. The lowest BCUT2D eigenvalue weighted by molar-refractivity contribution is -0.135. The Morgan fingerprint density at radius 3 is 2.29 bits per heavy atom. The summed E-state index contributed by atoms with van der Waals surface area (Å²) < 4.78 is 0. The summed E-state index contributed by atoms with van der Waals surface area (Å²) in [5.41, 5.74) is 0. The molecule has 0 aromatic rings. The molecule has 24 heavy (non-hydrogen) atoms. The van der Waals surface area contributed by atoms with Crippen LogP contribution in [0.1, 0.15) is 64.2 Å². The molecule has 136 valence electrons. The van der Waals surface area contributed by atoms with Crippen molar-refractivity contribution in [3.05, 3.63) is 0 Å². The Bertz CT molecular complexity index is 440. The maximum atomic E-state index is 12.6. The Hall–Kier alpha value is -1.10. The molecule has 0 spiro atoms. The number of amides is 2. The zero-order chi connectivity index (χ0) is 16.9. The third kappa shape index (κ3) is 4.50. The van der Waals surface area contributed by atoms with Gasteiger partial charge in [0.15, 0.2) is 0 Å². The molecule has 1 unspecified atom stereocenters. The van der Waals surface area contributed by atoms with E-state index in [-0.39, 0.29) is 36.3 Å². The summed E-state index contributed by atoms with van der Waals surface area (Å²) in [5.74, 6) is 1.45. The summed E-state index contributed by atoms with van der Waals surface area (Å²) in [7, 11) is 0. The Morgan fingerprint density at radius 1 is 0.958 bits per heavy atom. The topological polar surface area (TPSA) is 69.6 Å². The van der Waals surface area contributed by atoms with Crippen molar-refractivity contribution >= 4 is 11.8 Å². The zero-order valence-corrected chi connectivity index (χ0v) is 14.7. The fourth-order valence-electron chi connectivity index (χ4n) is 4.69. The second-order valence-electron chi connectivity index (χ2n) is 8.09. The molecule has 3 fully saturated rings. The van der Waals surface area contributed by atoms with Crippen LogP contribution < -0.4 is 5.32 Å². The van der Waals surface area contributed by atoms with Crippen LogP contribution in [0, 0.1) is 17.8 Å². The summed E-state index contributed by atoms with van der Waals surface area (Å²) in [6.45, 7) is 1.69. The minimum absolute atomic E-state index is 0.116. The van der Waals surface area contributed by atoms with Gasteiger partial charge in [0.25, 0.3) is 0 Å². The second-order valence-corrected chi connectivity index (χ2v) is 8.09. The summed E-state index contributed by atoms with van der Waals surface area (Å²) in [5, 5.41) is 12.4. The van der Waals surface area contributed by atoms with E-state index < -0.39 is 0 Å². The highest BCUT2D eigenvalue weighted by Crippen LogP contribution is 2.30. The lowest BCUT2D eigenvalue weighted by atomic mass is 9.85. The second kappa shape index (κ2) is 8.32. The van der Waals surface area contributed by atoms with Crippen LogP contribution in [0.15, 0.2) is 0 Å². The number of carbonyl (C=O) groups excluding carboxylic acids is 2. The van der Waals surface area contributed by atoms with Crippen LogP contribution in [0.4, 0.5) is 0 Å². The van der Waals surface area contributed by atoms with E-state index in [1.807, 2.05) is 4.90 Å². The lowest BCUT2D eigenvalue weighted by Crippen LogP contribution is -2.42. The lowest BCUT2D eigenvalue weighted by Gasteiger charge is -2.31. The van der Waals surface area contributed by atoms with E-state index in [0.717, 1.165) is 38.6 Å². The third-order valence-electron chi connectivity index (χ3n) is 6.25. The van der Waals surface area contributed by atoms with Crippen LogP contribution in [-0.4, -0.2) is 47.6 Å². The molecule has 2 aliphatic carbocycles. The van der Waals surface area contributed by atoms with Gasteiger partial charge in [-0.1, -0.05) is 12.8 Å². The monoisotopic (exact) mass is 336 g/mol. The van der Waals surface area contributed by atoms with Gasteiger partial charge >= 0.3 is 0 Å². The minimum atomic E-state index is 0.116. The predicted octanol–water partition coefficient (Wildman–Crippen LogP) is 2.08. The number of aliphatic hydroxyl groups is 1. The van der Waals surface area contributed by atoms with Gasteiger partial charge in [-0.2, -0.15) is 0 Å². The van der Waals surface area contributed by atoms with Gasteiger partial charge in [0.2, 0.25) is 11.8 Å². The SMILES string of the molecule is O=C(CC1CCCC1)NC1CCC(C(=O)N2CCC(CO)C2)CC1. The van der Waals surface area contributed by atoms with E-state index in [9.17, 15) is 14.7 Å². The Labute approximate surface area is 145 Å². The van der Waals surface area contributed by atoms with Crippen LogP contribution in [0.3, 0.4) is 0 Å². The molecule has 5 nitrogen and oxygen atoms in total. The molecular formula is C19H32N2O3. The number of rotatable bonds is 5. The molecule has 2 amide bonds. The first kappa shape index (κ1) is 17.7. The van der Waals surface area contributed by atoms with Gasteiger partial charge in [0.05, 0.1) is 0 Å². The number of aliphatic hydroxyl groups excluding tert-OH is 1. The number of likely N-dealkylation sites (tertiary alicyclic amines) is 1. The fourth-order valence-corrected chi connectivity index (χ4v) is 4.69. The van der Waals surface area contributed by atoms with Crippen LogP contribution in [0.2, 0.25) is 0 Å². The van der Waals surface area contributed by atoms with Gasteiger partial charge < -0.3 is 15.3 Å². The third-order valence-corrected chi connectivity index (χ3v) is 6.25. The van der Waals surface area contributed by atoms with E-state index in [0.29, 0.717) is 18.9 Å². The smallest absolute Gasteiger partial charge is 0.225 e. The molecule has 1 atom stereocenters. The van der Waals surface area contributed by atoms with Gasteiger partial charge in [-0.3, -0.25) is 9.59 Å². The predicted molar refractivity (Wildman–Crippen MR) is 92.2 cm³/mol. The molecular weight excluding hydrogens is 304 g/mol. The normalized spacial score (nSPS) is 31.4. The summed E-state index contributed by atoms with van der Waals surface area (Å²) in [4.78, 5) is 26.7. The largest absolute Gasteiger partial charge is 0.396 e. The maximum Gasteiger partial charge on any atom is 0.225 e. The Balaban J connectivity index is 1.37. The molecule has 0 bridgehead atoms. The quantitative estimate of drug-likeness (QED) is 0.807. The molecule has 2 saturated carbocycles. The highest BCUT2D eigenvalue weighted by Gasteiger charge is 2.33. The number of hydrogen-bond donors (Lipinski definition) is 2. The first-order valence-corrected chi connectivity index (χ1v) is 9.84. The van der Waals surface area contributed by atoms with Crippen LogP contribution in [-0.2, 0) is 9.59 Å². The van der Waals surface area contributed by atoms with Gasteiger partial charge in [-0.05, 0) is 50.9 Å². The Kier molecular flexibility index (Phi) is 6.14. The van der Waals surface area contributed by atoms with E-state index in [4.69, 9.17) is 0 Å². The molecule has 3 rings (SSSR count). The van der Waals surface area contributed by atoms with E-state index >= 15 is 0 Å². The average molecular weight is 336 g/mol. The molecule has 1 heterocycles. The van der Waals surface area contributed by atoms with Crippen molar-refractivity contribution in [1.29, 1.82) is 0 Å². The van der Waals surface area contributed by atoms with Crippen molar-refractivity contribution in [2.75, 3.05) is 19.7 Å². The van der Waals surface area contributed by atoms with Crippen LogP contribution in [0.5, 0.6) is 0 Å². The Morgan fingerprint density at radius 2 is 1.67 bits per heavy atom. The highest BCUT2D eigenvalue weighted by molar-refractivity contribution is 5.79. The first-order valence-electron chi connectivity index (χ1n) is 9.84.